The van der Waals surface area contributed by atoms with Crippen molar-refractivity contribution in [3.8, 4) is 0 Å². The van der Waals surface area contributed by atoms with Crippen LogP contribution in [-0.4, -0.2) is 27.2 Å². The molecule has 152 valence electrons. The third-order valence-corrected chi connectivity index (χ3v) is 4.66. The summed E-state index contributed by atoms with van der Waals surface area (Å²) in [6, 6.07) is 11.5. The second kappa shape index (κ2) is 10.4. The van der Waals surface area contributed by atoms with Crippen molar-refractivity contribution >= 4 is 41.8 Å². The number of fused-ring (bicyclic) bond motifs is 1. The van der Waals surface area contributed by atoms with Crippen LogP contribution < -0.4 is 11.1 Å². The van der Waals surface area contributed by atoms with Crippen molar-refractivity contribution in [3.63, 3.8) is 0 Å². The van der Waals surface area contributed by atoms with Crippen LogP contribution in [0.25, 0.3) is 11.0 Å². The van der Waals surface area contributed by atoms with Crippen LogP contribution in [0.15, 0.2) is 42.6 Å². The van der Waals surface area contributed by atoms with Gasteiger partial charge in [-0.25, -0.2) is 9.67 Å². The monoisotopic (exact) mass is 423 g/mol. The molecule has 28 heavy (non-hydrogen) atoms. The molecule has 3 aromatic rings. The molecule has 0 saturated carbocycles. The maximum absolute atomic E-state index is 12.8. The minimum absolute atomic E-state index is 0. The highest BCUT2D eigenvalue weighted by atomic mass is 35.5. The quantitative estimate of drug-likeness (QED) is 0.627. The van der Waals surface area contributed by atoms with Crippen molar-refractivity contribution in [2.24, 2.45) is 5.73 Å². The maximum atomic E-state index is 12.8. The van der Waals surface area contributed by atoms with Crippen molar-refractivity contribution < 1.29 is 4.79 Å². The molecule has 1 aromatic carbocycles. The lowest BCUT2D eigenvalue weighted by Crippen LogP contribution is -2.32. The Morgan fingerprint density at radius 3 is 2.57 bits per heavy atom. The number of nitrogens with one attached hydrogen (secondary N) is 1. The largest absolute Gasteiger partial charge is 0.350 e. The Balaban J connectivity index is 0.00000196. The molecule has 1 amide bonds. The van der Waals surface area contributed by atoms with Gasteiger partial charge < -0.3 is 11.1 Å². The standard InChI is InChI=1S/C20H25N5O.2ClH/c1-4-14(3)25-19-17(11-23-25)16(10-13(2)24-19)20(26)22-12-18(21)15-8-6-5-7-9-15;;/h5-11,14,18H,4,12,21H2,1-3H3,(H,22,26);2*1H. The van der Waals surface area contributed by atoms with Crippen LogP contribution in [0.4, 0.5) is 0 Å². The van der Waals surface area contributed by atoms with Crippen LogP contribution in [-0.2, 0) is 0 Å². The summed E-state index contributed by atoms with van der Waals surface area (Å²) in [5.74, 6) is -0.157. The van der Waals surface area contributed by atoms with E-state index in [4.69, 9.17) is 5.73 Å². The van der Waals surface area contributed by atoms with Gasteiger partial charge in [-0.1, -0.05) is 37.3 Å². The SMILES string of the molecule is CCC(C)n1ncc2c(C(=O)NCC(N)c3ccccc3)cc(C)nc21.Cl.Cl. The summed E-state index contributed by atoms with van der Waals surface area (Å²) in [4.78, 5) is 17.4. The lowest BCUT2D eigenvalue weighted by atomic mass is 10.1. The summed E-state index contributed by atoms with van der Waals surface area (Å²) >= 11 is 0. The van der Waals surface area contributed by atoms with Gasteiger partial charge in [-0.2, -0.15) is 5.10 Å². The van der Waals surface area contributed by atoms with E-state index >= 15 is 0 Å². The highest BCUT2D eigenvalue weighted by molar-refractivity contribution is 6.05. The summed E-state index contributed by atoms with van der Waals surface area (Å²) in [6.45, 7) is 6.45. The third kappa shape index (κ3) is 5.01. The molecule has 2 atom stereocenters. The van der Waals surface area contributed by atoms with Gasteiger partial charge in [0.25, 0.3) is 5.91 Å². The molecule has 0 radical (unpaired) electrons. The van der Waals surface area contributed by atoms with Crippen molar-refractivity contribution in [3.05, 3.63) is 59.4 Å². The number of nitrogens with zero attached hydrogens (tertiary/aromatic N) is 3. The number of hydrogen-bond donors (Lipinski definition) is 2. The molecule has 2 heterocycles. The summed E-state index contributed by atoms with van der Waals surface area (Å²) in [7, 11) is 0. The van der Waals surface area contributed by atoms with Crippen LogP contribution in [0.3, 0.4) is 0 Å². The Hall–Kier alpha value is -2.15. The van der Waals surface area contributed by atoms with Gasteiger partial charge in [0.15, 0.2) is 5.65 Å². The predicted octanol–water partition coefficient (Wildman–Crippen LogP) is 3.98. The van der Waals surface area contributed by atoms with E-state index in [9.17, 15) is 4.79 Å². The maximum Gasteiger partial charge on any atom is 0.252 e. The van der Waals surface area contributed by atoms with E-state index in [1.165, 1.54) is 0 Å². The van der Waals surface area contributed by atoms with Crippen molar-refractivity contribution in [1.82, 2.24) is 20.1 Å². The van der Waals surface area contributed by atoms with Gasteiger partial charge in [0.1, 0.15) is 0 Å². The molecule has 3 N–H and O–H groups in total. The molecule has 0 fully saturated rings. The zero-order chi connectivity index (χ0) is 18.7. The molecule has 3 rings (SSSR count). The number of hydrogen-bond acceptors (Lipinski definition) is 4. The van der Waals surface area contributed by atoms with Crippen molar-refractivity contribution in [2.75, 3.05) is 6.54 Å². The number of nitrogens with two attached hydrogens (primary N) is 1. The van der Waals surface area contributed by atoms with E-state index < -0.39 is 0 Å². The Kier molecular flexibility index (Phi) is 8.88. The molecule has 2 aromatic heterocycles. The molecular formula is C20H27Cl2N5O. The molecule has 8 heteroatoms. The number of halogens is 2. The first-order valence-corrected chi connectivity index (χ1v) is 8.94. The van der Waals surface area contributed by atoms with Gasteiger partial charge in [0.2, 0.25) is 0 Å². The second-order valence-corrected chi connectivity index (χ2v) is 6.62. The fourth-order valence-electron chi connectivity index (χ4n) is 2.94. The lowest BCUT2D eigenvalue weighted by Gasteiger charge is -2.14. The third-order valence-electron chi connectivity index (χ3n) is 4.66. The van der Waals surface area contributed by atoms with Gasteiger partial charge in [-0.05, 0) is 31.9 Å². The van der Waals surface area contributed by atoms with Crippen LogP contribution >= 0.6 is 24.8 Å². The summed E-state index contributed by atoms with van der Waals surface area (Å²) in [5.41, 5.74) is 9.30. The Morgan fingerprint density at radius 1 is 1.25 bits per heavy atom. The lowest BCUT2D eigenvalue weighted by molar-refractivity contribution is 0.0952. The average molecular weight is 424 g/mol. The van der Waals surface area contributed by atoms with E-state index in [2.05, 4.69) is 29.2 Å². The average Bonchev–Trinajstić information content (AvgIpc) is 3.08. The van der Waals surface area contributed by atoms with E-state index in [-0.39, 0.29) is 42.8 Å². The highest BCUT2D eigenvalue weighted by Crippen LogP contribution is 2.22. The molecule has 6 nitrogen and oxygen atoms in total. The zero-order valence-electron chi connectivity index (χ0n) is 16.3. The number of benzene rings is 1. The Morgan fingerprint density at radius 2 is 1.93 bits per heavy atom. The molecule has 0 spiro atoms. The number of carbonyl (C=O) groups excluding carboxylic acids is 1. The number of aryl methyl sites for hydroxylation is 1. The fraction of sp³-hybridized carbons (Fsp3) is 0.350. The van der Waals surface area contributed by atoms with Gasteiger partial charge in [0, 0.05) is 18.3 Å². The minimum atomic E-state index is -0.249. The van der Waals surface area contributed by atoms with Crippen LogP contribution in [0.2, 0.25) is 0 Å². The summed E-state index contributed by atoms with van der Waals surface area (Å²) in [5, 5.41) is 8.15. The number of rotatable bonds is 6. The van der Waals surface area contributed by atoms with E-state index in [1.807, 2.05) is 41.9 Å². The van der Waals surface area contributed by atoms with Crippen molar-refractivity contribution in [1.29, 1.82) is 0 Å². The number of pyridine rings is 1. The second-order valence-electron chi connectivity index (χ2n) is 6.62. The Bertz CT molecular complexity index is 914. The smallest absolute Gasteiger partial charge is 0.252 e. The molecule has 0 aliphatic heterocycles. The highest BCUT2D eigenvalue weighted by Gasteiger charge is 2.18. The van der Waals surface area contributed by atoms with E-state index in [0.29, 0.717) is 12.1 Å². The number of aromatic nitrogens is 3. The topological polar surface area (TPSA) is 85.8 Å². The fourth-order valence-corrected chi connectivity index (χ4v) is 2.94. The first-order valence-electron chi connectivity index (χ1n) is 8.94. The van der Waals surface area contributed by atoms with Gasteiger partial charge in [-0.15, -0.1) is 24.8 Å². The van der Waals surface area contributed by atoms with Gasteiger partial charge in [0.05, 0.1) is 23.2 Å². The molecule has 0 aliphatic carbocycles. The first-order chi connectivity index (χ1) is 12.5. The molecule has 0 aliphatic rings. The summed E-state index contributed by atoms with van der Waals surface area (Å²) in [6.07, 6.45) is 2.67. The summed E-state index contributed by atoms with van der Waals surface area (Å²) < 4.78 is 1.88. The van der Waals surface area contributed by atoms with Gasteiger partial charge in [-0.3, -0.25) is 4.79 Å². The molecule has 0 bridgehead atoms. The molecular weight excluding hydrogens is 397 g/mol. The van der Waals surface area contributed by atoms with Crippen LogP contribution in [0.5, 0.6) is 0 Å². The number of amides is 1. The molecule has 0 saturated heterocycles. The van der Waals surface area contributed by atoms with E-state index in [1.54, 1.807) is 12.3 Å². The normalized spacial score (nSPS) is 12.6. The first kappa shape index (κ1) is 23.9. The van der Waals surface area contributed by atoms with Gasteiger partial charge >= 0.3 is 0 Å². The minimum Gasteiger partial charge on any atom is -0.350 e. The van der Waals surface area contributed by atoms with Crippen LogP contribution in [0.1, 0.15) is 54.0 Å². The zero-order valence-corrected chi connectivity index (χ0v) is 17.9. The van der Waals surface area contributed by atoms with Crippen LogP contribution in [0, 0.1) is 6.92 Å². The number of carbonyl (C=O) groups is 1. The Labute approximate surface area is 177 Å². The molecule has 2 unspecified atom stereocenters. The van der Waals surface area contributed by atoms with Crippen molar-refractivity contribution in [2.45, 2.75) is 39.3 Å². The van der Waals surface area contributed by atoms with E-state index in [0.717, 1.165) is 28.7 Å². The predicted molar refractivity (Wildman–Crippen MR) is 117 cm³/mol.